The number of hydrogen-bond acceptors (Lipinski definition) is 2. The van der Waals surface area contributed by atoms with Crippen LogP contribution in [0, 0.1) is 18.2 Å². The highest BCUT2D eigenvalue weighted by Crippen LogP contribution is 2.55. The number of halogens is 2. The second kappa shape index (κ2) is 6.91. The summed E-state index contributed by atoms with van der Waals surface area (Å²) in [6.07, 6.45) is 7.62. The van der Waals surface area contributed by atoms with E-state index in [0.717, 1.165) is 24.1 Å². The van der Waals surface area contributed by atoms with Gasteiger partial charge in [0.25, 0.3) is 0 Å². The molecule has 1 aromatic carbocycles. The number of rotatable bonds is 2. The molecule has 1 N–H and O–H groups in total. The lowest BCUT2D eigenvalue weighted by Gasteiger charge is -2.22. The summed E-state index contributed by atoms with van der Waals surface area (Å²) in [4.78, 5) is 0. The lowest BCUT2D eigenvalue weighted by atomic mass is 9.85. The topological polar surface area (TPSA) is 24.4 Å². The Bertz CT molecular complexity index is 524. The molecule has 4 heteroatoms. The zero-order valence-electron chi connectivity index (χ0n) is 13.1. The van der Waals surface area contributed by atoms with Gasteiger partial charge >= 0.3 is 0 Å². The van der Waals surface area contributed by atoms with E-state index >= 15 is 0 Å². The van der Waals surface area contributed by atoms with E-state index in [4.69, 9.17) is 0 Å². The highest BCUT2D eigenvalue weighted by atomic mass is 79.9. The number of benzene rings is 1. The average Bonchev–Trinajstić information content (AvgIpc) is 3.25. The van der Waals surface area contributed by atoms with Crippen molar-refractivity contribution in [3.05, 3.63) is 28.0 Å². The smallest absolute Gasteiger partial charge is 0.137 e. The molecule has 116 valence electrons. The van der Waals surface area contributed by atoms with Gasteiger partial charge in [-0.25, -0.2) is 4.39 Å². The quantitative estimate of drug-likeness (QED) is 0.642. The largest absolute Gasteiger partial charge is 0.278 e. The zero-order chi connectivity index (χ0) is 15.5. The Morgan fingerprint density at radius 3 is 2.33 bits per heavy atom. The highest BCUT2D eigenvalue weighted by Gasteiger charge is 2.43. The molecule has 0 radical (unpaired) electrons. The van der Waals surface area contributed by atoms with Crippen molar-refractivity contribution in [2.24, 2.45) is 10.5 Å². The standard InChI is InChI=1S/C15H18BrFN2.C2H6/c1-10-8-13(17)12(16)9-14(10)19-18-11-2-4-15(5-3-11)6-7-15;1-2/h8-9,19H,2-7H2,1H3;1-2H3. The second-order valence-electron chi connectivity index (χ2n) is 5.87. The summed E-state index contributed by atoms with van der Waals surface area (Å²) < 4.78 is 13.8. The molecule has 0 amide bonds. The van der Waals surface area contributed by atoms with E-state index in [-0.39, 0.29) is 5.82 Å². The van der Waals surface area contributed by atoms with E-state index in [1.807, 2.05) is 20.8 Å². The third kappa shape index (κ3) is 4.06. The molecule has 0 unspecified atom stereocenters. The molecule has 0 heterocycles. The number of aryl methyl sites for hydroxylation is 1. The first-order valence-corrected chi connectivity index (χ1v) is 8.64. The second-order valence-corrected chi connectivity index (χ2v) is 6.73. The van der Waals surface area contributed by atoms with Crippen LogP contribution in [0.3, 0.4) is 0 Å². The van der Waals surface area contributed by atoms with Gasteiger partial charge < -0.3 is 0 Å². The Morgan fingerprint density at radius 1 is 1.14 bits per heavy atom. The molecular weight excluding hydrogens is 331 g/mol. The average molecular weight is 355 g/mol. The molecule has 0 aliphatic heterocycles. The molecule has 2 aliphatic rings. The van der Waals surface area contributed by atoms with Gasteiger partial charge in [0.2, 0.25) is 0 Å². The predicted molar refractivity (Wildman–Crippen MR) is 91.4 cm³/mol. The maximum absolute atomic E-state index is 13.3. The van der Waals surface area contributed by atoms with Crippen molar-refractivity contribution in [3.8, 4) is 0 Å². The lowest BCUT2D eigenvalue weighted by Crippen LogP contribution is -2.16. The van der Waals surface area contributed by atoms with Crippen LogP contribution in [-0.4, -0.2) is 5.71 Å². The SMILES string of the molecule is CC.Cc1cc(F)c(Br)cc1NN=C1CCC2(CC1)CC2. The Labute approximate surface area is 135 Å². The van der Waals surface area contributed by atoms with Gasteiger partial charge in [0.15, 0.2) is 0 Å². The van der Waals surface area contributed by atoms with Crippen molar-refractivity contribution in [1.82, 2.24) is 0 Å². The van der Waals surface area contributed by atoms with Gasteiger partial charge in [0.05, 0.1) is 10.2 Å². The molecule has 2 fully saturated rings. The van der Waals surface area contributed by atoms with E-state index in [2.05, 4.69) is 26.5 Å². The normalized spacial score (nSPS) is 18.8. The van der Waals surface area contributed by atoms with Gasteiger partial charge in [-0.3, -0.25) is 5.43 Å². The Morgan fingerprint density at radius 2 is 1.76 bits per heavy atom. The van der Waals surface area contributed by atoms with E-state index in [9.17, 15) is 4.39 Å². The summed E-state index contributed by atoms with van der Waals surface area (Å²) in [5.74, 6) is -0.232. The summed E-state index contributed by atoms with van der Waals surface area (Å²) >= 11 is 3.21. The summed E-state index contributed by atoms with van der Waals surface area (Å²) in [6, 6.07) is 3.27. The van der Waals surface area contributed by atoms with Crippen LogP contribution in [0.1, 0.15) is 57.9 Å². The number of anilines is 1. The number of hydrogen-bond donors (Lipinski definition) is 1. The van der Waals surface area contributed by atoms with Crippen LogP contribution in [0.5, 0.6) is 0 Å². The van der Waals surface area contributed by atoms with E-state index < -0.39 is 0 Å². The number of nitrogens with one attached hydrogen (secondary N) is 1. The minimum absolute atomic E-state index is 0.232. The molecule has 21 heavy (non-hydrogen) atoms. The van der Waals surface area contributed by atoms with Crippen molar-refractivity contribution in [2.75, 3.05) is 5.43 Å². The Balaban J connectivity index is 0.000000774. The Hall–Kier alpha value is -0.900. The maximum atomic E-state index is 13.3. The maximum Gasteiger partial charge on any atom is 0.137 e. The molecule has 0 atom stereocenters. The first-order chi connectivity index (χ1) is 10.1. The van der Waals surface area contributed by atoms with Crippen LogP contribution >= 0.6 is 15.9 Å². The van der Waals surface area contributed by atoms with Crippen LogP contribution in [0.25, 0.3) is 0 Å². The molecule has 3 rings (SSSR count). The molecular formula is C17H24BrFN2. The van der Waals surface area contributed by atoms with Gasteiger partial charge in [-0.15, -0.1) is 0 Å². The van der Waals surface area contributed by atoms with Crippen molar-refractivity contribution >= 4 is 27.3 Å². The lowest BCUT2D eigenvalue weighted by molar-refractivity contribution is 0.420. The van der Waals surface area contributed by atoms with E-state index in [1.165, 1.54) is 37.5 Å². The van der Waals surface area contributed by atoms with Crippen molar-refractivity contribution in [3.63, 3.8) is 0 Å². The monoisotopic (exact) mass is 354 g/mol. The van der Waals surface area contributed by atoms with Crippen molar-refractivity contribution in [2.45, 2.75) is 59.3 Å². The summed E-state index contributed by atoms with van der Waals surface area (Å²) in [7, 11) is 0. The van der Waals surface area contributed by atoms with Crippen LogP contribution in [-0.2, 0) is 0 Å². The highest BCUT2D eigenvalue weighted by molar-refractivity contribution is 9.10. The molecule has 0 bridgehead atoms. The first-order valence-electron chi connectivity index (χ1n) is 7.85. The summed E-state index contributed by atoms with van der Waals surface area (Å²) in [5.41, 5.74) is 6.77. The minimum atomic E-state index is -0.232. The number of hydrazone groups is 1. The Kier molecular flexibility index (Phi) is 5.42. The van der Waals surface area contributed by atoms with Gasteiger partial charge in [0, 0.05) is 5.71 Å². The van der Waals surface area contributed by atoms with Gasteiger partial charge in [-0.05, 0) is 84.5 Å². The number of nitrogens with zero attached hydrogens (tertiary/aromatic N) is 1. The molecule has 2 saturated carbocycles. The molecule has 1 spiro atoms. The van der Waals surface area contributed by atoms with Gasteiger partial charge in [-0.1, -0.05) is 13.8 Å². The fraction of sp³-hybridized carbons (Fsp3) is 0.588. The van der Waals surface area contributed by atoms with E-state index in [1.54, 1.807) is 6.07 Å². The van der Waals surface area contributed by atoms with Crippen LogP contribution < -0.4 is 5.43 Å². The molecule has 0 aromatic heterocycles. The van der Waals surface area contributed by atoms with Gasteiger partial charge in [-0.2, -0.15) is 5.10 Å². The third-order valence-corrected chi connectivity index (χ3v) is 5.05. The van der Waals surface area contributed by atoms with E-state index in [0.29, 0.717) is 9.89 Å². The van der Waals surface area contributed by atoms with Crippen LogP contribution in [0.2, 0.25) is 0 Å². The summed E-state index contributed by atoms with van der Waals surface area (Å²) in [5, 5.41) is 4.50. The van der Waals surface area contributed by atoms with Crippen LogP contribution in [0.4, 0.5) is 10.1 Å². The molecule has 1 aromatic rings. The fourth-order valence-electron chi connectivity index (χ4n) is 2.76. The third-order valence-electron chi connectivity index (χ3n) is 4.45. The molecule has 2 aliphatic carbocycles. The van der Waals surface area contributed by atoms with Gasteiger partial charge in [0.1, 0.15) is 5.82 Å². The zero-order valence-corrected chi connectivity index (χ0v) is 14.7. The molecule has 0 saturated heterocycles. The fourth-order valence-corrected chi connectivity index (χ4v) is 3.11. The first kappa shape index (κ1) is 16.5. The summed E-state index contributed by atoms with van der Waals surface area (Å²) in [6.45, 7) is 5.89. The van der Waals surface area contributed by atoms with Crippen LogP contribution in [0.15, 0.2) is 21.7 Å². The van der Waals surface area contributed by atoms with Crippen molar-refractivity contribution < 1.29 is 4.39 Å². The van der Waals surface area contributed by atoms with Crippen molar-refractivity contribution in [1.29, 1.82) is 0 Å². The predicted octanol–water partition coefficient (Wildman–Crippen LogP) is 6.04. The minimum Gasteiger partial charge on any atom is -0.278 e. The molecule has 2 nitrogen and oxygen atoms in total.